The van der Waals surface area contributed by atoms with Gasteiger partial charge in [-0.1, -0.05) is 19.9 Å². The second-order valence-electron chi connectivity index (χ2n) is 5.11. The lowest BCUT2D eigenvalue weighted by molar-refractivity contribution is 0.110. The minimum atomic E-state index is -0.138. The summed E-state index contributed by atoms with van der Waals surface area (Å²) < 4.78 is 0. The van der Waals surface area contributed by atoms with Crippen LogP contribution in [0.2, 0.25) is 0 Å². The normalized spacial score (nSPS) is 45.3. The van der Waals surface area contributed by atoms with E-state index in [1.165, 1.54) is 31.3 Å². The molecular weight excluding hydrogens is 160 g/mol. The van der Waals surface area contributed by atoms with E-state index in [1.54, 1.807) is 0 Å². The molecule has 0 aromatic carbocycles. The smallest absolute Gasteiger partial charge is 0.0755 e. The summed E-state index contributed by atoms with van der Waals surface area (Å²) in [6.07, 6.45) is 8.22. The molecule has 3 atom stereocenters. The molecule has 2 rings (SSSR count). The lowest BCUT2D eigenvalue weighted by atomic mass is 9.63. The van der Waals surface area contributed by atoms with Crippen molar-refractivity contribution in [2.24, 2.45) is 11.3 Å². The highest BCUT2D eigenvalue weighted by Gasteiger charge is 2.38. The van der Waals surface area contributed by atoms with Crippen LogP contribution in [0.25, 0.3) is 0 Å². The van der Waals surface area contributed by atoms with Crippen LogP contribution in [0.4, 0.5) is 0 Å². The predicted molar refractivity (Wildman–Crippen MR) is 54.4 cm³/mol. The molecule has 1 saturated carbocycles. The molecule has 0 aliphatic heterocycles. The largest absolute Gasteiger partial charge is 0.389 e. The Morgan fingerprint density at radius 1 is 1.38 bits per heavy atom. The van der Waals surface area contributed by atoms with Crippen LogP contribution in [0, 0.1) is 11.3 Å². The first kappa shape index (κ1) is 9.26. The summed E-state index contributed by atoms with van der Waals surface area (Å²) in [6, 6.07) is 0. The summed E-state index contributed by atoms with van der Waals surface area (Å²) >= 11 is 0. The van der Waals surface area contributed by atoms with E-state index in [0.29, 0.717) is 11.3 Å². The Hall–Kier alpha value is -0.300. The van der Waals surface area contributed by atoms with Gasteiger partial charge in [-0.2, -0.15) is 0 Å². The van der Waals surface area contributed by atoms with Gasteiger partial charge in [-0.15, -0.1) is 0 Å². The van der Waals surface area contributed by atoms with Crippen LogP contribution in [0.15, 0.2) is 11.6 Å². The maximum Gasteiger partial charge on any atom is 0.0755 e. The predicted octanol–water partition coefficient (Wildman–Crippen LogP) is 2.89. The summed E-state index contributed by atoms with van der Waals surface area (Å²) in [6.45, 7) is 4.58. The van der Waals surface area contributed by atoms with Crippen molar-refractivity contribution in [2.75, 3.05) is 0 Å². The van der Waals surface area contributed by atoms with E-state index < -0.39 is 0 Å². The van der Waals surface area contributed by atoms with E-state index in [2.05, 4.69) is 19.9 Å². The molecule has 0 aromatic heterocycles. The van der Waals surface area contributed by atoms with Crippen molar-refractivity contribution in [2.45, 2.75) is 52.1 Å². The third-order valence-electron chi connectivity index (χ3n) is 3.88. The molecule has 0 amide bonds. The van der Waals surface area contributed by atoms with Gasteiger partial charge in [0.25, 0.3) is 0 Å². The van der Waals surface area contributed by atoms with Gasteiger partial charge in [-0.25, -0.2) is 0 Å². The number of hydrogen-bond acceptors (Lipinski definition) is 1. The summed E-state index contributed by atoms with van der Waals surface area (Å²) in [4.78, 5) is 0. The number of aliphatic hydroxyl groups excluding tert-OH is 1. The van der Waals surface area contributed by atoms with Gasteiger partial charge in [0.2, 0.25) is 0 Å². The second-order valence-corrected chi connectivity index (χ2v) is 5.11. The Kier molecular flexibility index (Phi) is 2.23. The maximum absolute atomic E-state index is 9.92. The van der Waals surface area contributed by atoms with E-state index in [4.69, 9.17) is 0 Å². The van der Waals surface area contributed by atoms with Crippen molar-refractivity contribution in [3.8, 4) is 0 Å². The third kappa shape index (κ3) is 1.54. The van der Waals surface area contributed by atoms with E-state index in [0.717, 1.165) is 6.42 Å². The van der Waals surface area contributed by atoms with Gasteiger partial charge in [0, 0.05) is 0 Å². The van der Waals surface area contributed by atoms with Gasteiger partial charge in [0.15, 0.2) is 0 Å². The molecule has 2 unspecified atom stereocenters. The molecule has 74 valence electrons. The van der Waals surface area contributed by atoms with Crippen molar-refractivity contribution in [1.82, 2.24) is 0 Å². The molecule has 1 N–H and O–H groups in total. The molecule has 1 fully saturated rings. The average Bonchev–Trinajstić information content (AvgIpc) is 2.08. The highest BCUT2D eigenvalue weighted by Crippen LogP contribution is 2.48. The summed E-state index contributed by atoms with van der Waals surface area (Å²) in [5.74, 6) is 0.677. The highest BCUT2D eigenvalue weighted by atomic mass is 16.3. The molecule has 1 heteroatoms. The SMILES string of the molecule is CC1C=C2[C@H](O)CCCC2(C)CC1. The van der Waals surface area contributed by atoms with Crippen LogP contribution >= 0.6 is 0 Å². The summed E-state index contributed by atoms with van der Waals surface area (Å²) in [5.41, 5.74) is 1.68. The molecule has 1 nitrogen and oxygen atoms in total. The molecule has 0 heterocycles. The minimum absolute atomic E-state index is 0.138. The maximum atomic E-state index is 9.92. The van der Waals surface area contributed by atoms with E-state index in [9.17, 15) is 5.11 Å². The molecule has 0 spiro atoms. The first-order chi connectivity index (χ1) is 6.12. The van der Waals surface area contributed by atoms with Gasteiger partial charge in [-0.05, 0) is 49.0 Å². The van der Waals surface area contributed by atoms with Crippen LogP contribution in [0.1, 0.15) is 46.0 Å². The molecule has 2 aliphatic rings. The van der Waals surface area contributed by atoms with Crippen LogP contribution in [-0.2, 0) is 0 Å². The van der Waals surface area contributed by atoms with Gasteiger partial charge >= 0.3 is 0 Å². The zero-order valence-corrected chi connectivity index (χ0v) is 8.71. The van der Waals surface area contributed by atoms with Gasteiger partial charge in [0.05, 0.1) is 6.10 Å². The fraction of sp³-hybridized carbons (Fsp3) is 0.833. The lowest BCUT2D eigenvalue weighted by Crippen LogP contribution is -2.35. The van der Waals surface area contributed by atoms with Crippen LogP contribution < -0.4 is 0 Å². The van der Waals surface area contributed by atoms with Crippen molar-refractivity contribution in [3.05, 3.63) is 11.6 Å². The summed E-state index contributed by atoms with van der Waals surface area (Å²) in [5, 5.41) is 9.92. The molecule has 2 aliphatic carbocycles. The third-order valence-corrected chi connectivity index (χ3v) is 3.88. The number of aliphatic hydroxyl groups is 1. The Balaban J connectivity index is 2.29. The first-order valence-corrected chi connectivity index (χ1v) is 5.52. The van der Waals surface area contributed by atoms with E-state index >= 15 is 0 Å². The molecule has 0 aromatic rings. The lowest BCUT2D eigenvalue weighted by Gasteiger charge is -2.43. The van der Waals surface area contributed by atoms with Crippen molar-refractivity contribution in [3.63, 3.8) is 0 Å². The van der Waals surface area contributed by atoms with Gasteiger partial charge in [-0.3, -0.25) is 0 Å². The van der Waals surface area contributed by atoms with Gasteiger partial charge < -0.3 is 5.11 Å². The average molecular weight is 180 g/mol. The molecule has 0 radical (unpaired) electrons. The Bertz CT molecular complexity index is 231. The monoisotopic (exact) mass is 180 g/mol. The number of hydrogen-bond donors (Lipinski definition) is 1. The van der Waals surface area contributed by atoms with Crippen molar-refractivity contribution < 1.29 is 5.11 Å². The number of fused-ring (bicyclic) bond motifs is 1. The summed E-state index contributed by atoms with van der Waals surface area (Å²) in [7, 11) is 0. The van der Waals surface area contributed by atoms with E-state index in [1.807, 2.05) is 0 Å². The molecule has 0 saturated heterocycles. The van der Waals surface area contributed by atoms with Crippen LogP contribution in [0.5, 0.6) is 0 Å². The van der Waals surface area contributed by atoms with Crippen LogP contribution in [0.3, 0.4) is 0 Å². The number of rotatable bonds is 0. The first-order valence-electron chi connectivity index (χ1n) is 5.52. The quantitative estimate of drug-likeness (QED) is 0.568. The van der Waals surface area contributed by atoms with E-state index in [-0.39, 0.29) is 6.10 Å². The highest BCUT2D eigenvalue weighted by molar-refractivity contribution is 5.23. The van der Waals surface area contributed by atoms with Crippen molar-refractivity contribution in [1.29, 1.82) is 0 Å². The second kappa shape index (κ2) is 3.13. The standard InChI is InChI=1S/C12H20O/c1-9-5-7-12(2)6-3-4-11(13)10(12)8-9/h8-9,11,13H,3-7H2,1-2H3/t9?,11-,12?/m1/s1. The fourth-order valence-electron chi connectivity index (χ4n) is 2.91. The Morgan fingerprint density at radius 2 is 2.15 bits per heavy atom. The Morgan fingerprint density at radius 3 is 2.92 bits per heavy atom. The topological polar surface area (TPSA) is 20.2 Å². The zero-order valence-electron chi connectivity index (χ0n) is 8.71. The van der Waals surface area contributed by atoms with Gasteiger partial charge in [0.1, 0.15) is 0 Å². The molecule has 13 heavy (non-hydrogen) atoms. The molecular formula is C12H20O. The molecule has 0 bridgehead atoms. The van der Waals surface area contributed by atoms with Crippen LogP contribution in [-0.4, -0.2) is 11.2 Å². The van der Waals surface area contributed by atoms with Crippen molar-refractivity contribution >= 4 is 0 Å². The zero-order chi connectivity index (χ0) is 9.47. The minimum Gasteiger partial charge on any atom is -0.389 e. The fourth-order valence-corrected chi connectivity index (χ4v) is 2.91. The number of allylic oxidation sites excluding steroid dienone is 1. The Labute approximate surface area is 80.8 Å².